The van der Waals surface area contributed by atoms with Gasteiger partial charge in [-0.05, 0) is 13.0 Å². The van der Waals surface area contributed by atoms with Crippen LogP contribution in [0.2, 0.25) is 0 Å². The molecule has 5 heteroatoms. The van der Waals surface area contributed by atoms with Gasteiger partial charge in [0.25, 0.3) is 0 Å². The Bertz CT molecular complexity index is 226. The van der Waals surface area contributed by atoms with Gasteiger partial charge in [0.15, 0.2) is 0 Å². The van der Waals surface area contributed by atoms with Gasteiger partial charge in [0, 0.05) is 19.5 Å². The van der Waals surface area contributed by atoms with Crippen molar-refractivity contribution in [3.8, 4) is 0 Å². The second kappa shape index (κ2) is 8.44. The van der Waals surface area contributed by atoms with E-state index in [1.807, 2.05) is 19.1 Å². The first-order valence-electron chi connectivity index (χ1n) is 4.36. The summed E-state index contributed by atoms with van der Waals surface area (Å²) < 4.78 is 0. The molecule has 4 nitrogen and oxygen atoms in total. The fraction of sp³-hybridized carbons (Fsp3) is 0.444. The van der Waals surface area contributed by atoms with Crippen LogP contribution in [0, 0.1) is 0 Å². The first-order chi connectivity index (χ1) is 6.74. The van der Waals surface area contributed by atoms with Gasteiger partial charge in [-0.2, -0.15) is 0 Å². The zero-order chi connectivity index (χ0) is 10.8. The SMILES string of the molecule is C/C=C\C=C(/NC)NC(=O)NCCCl. The molecule has 0 bridgehead atoms. The molecule has 14 heavy (non-hydrogen) atoms. The van der Waals surface area contributed by atoms with Crippen LogP contribution >= 0.6 is 11.6 Å². The van der Waals surface area contributed by atoms with Crippen LogP contribution in [0.1, 0.15) is 6.92 Å². The summed E-state index contributed by atoms with van der Waals surface area (Å²) in [6, 6.07) is -0.268. The molecule has 0 aromatic rings. The van der Waals surface area contributed by atoms with E-state index in [1.165, 1.54) is 0 Å². The third kappa shape index (κ3) is 6.37. The summed E-state index contributed by atoms with van der Waals surface area (Å²) in [5, 5.41) is 8.06. The maximum atomic E-state index is 11.1. The van der Waals surface area contributed by atoms with E-state index in [0.717, 1.165) is 0 Å². The molecule has 0 aromatic carbocycles. The fourth-order valence-electron chi connectivity index (χ4n) is 0.707. The maximum Gasteiger partial charge on any atom is 0.320 e. The normalized spacial score (nSPS) is 11.5. The standard InChI is InChI=1S/C9H16ClN3O/c1-3-4-5-8(11-2)13-9(14)12-7-6-10/h3-5,11H,6-7H2,1-2H3,(H2,12,13,14)/b4-3-,8-5+. The summed E-state index contributed by atoms with van der Waals surface area (Å²) in [5.74, 6) is 1.04. The lowest BCUT2D eigenvalue weighted by Crippen LogP contribution is -2.39. The van der Waals surface area contributed by atoms with Crippen LogP contribution in [-0.2, 0) is 0 Å². The minimum Gasteiger partial charge on any atom is -0.375 e. The van der Waals surface area contributed by atoms with E-state index < -0.39 is 0 Å². The van der Waals surface area contributed by atoms with Crippen molar-refractivity contribution in [1.82, 2.24) is 16.0 Å². The highest BCUT2D eigenvalue weighted by Crippen LogP contribution is 1.84. The van der Waals surface area contributed by atoms with Gasteiger partial charge in [-0.3, -0.25) is 5.32 Å². The summed E-state index contributed by atoms with van der Waals surface area (Å²) in [7, 11) is 1.73. The Kier molecular flexibility index (Phi) is 7.74. The fourth-order valence-corrected chi connectivity index (χ4v) is 0.802. The minimum atomic E-state index is -0.268. The van der Waals surface area contributed by atoms with Crippen molar-refractivity contribution in [2.45, 2.75) is 6.92 Å². The summed E-state index contributed by atoms with van der Waals surface area (Å²) >= 11 is 5.42. The summed E-state index contributed by atoms with van der Waals surface area (Å²) in [5.41, 5.74) is 0. The Balaban J connectivity index is 3.98. The molecule has 0 atom stereocenters. The molecule has 0 aromatic heterocycles. The lowest BCUT2D eigenvalue weighted by Gasteiger charge is -2.08. The Morgan fingerprint density at radius 3 is 2.71 bits per heavy atom. The van der Waals surface area contributed by atoms with Crippen molar-refractivity contribution in [1.29, 1.82) is 0 Å². The molecule has 2 amide bonds. The lowest BCUT2D eigenvalue weighted by atomic mass is 10.4. The van der Waals surface area contributed by atoms with Crippen LogP contribution in [0.25, 0.3) is 0 Å². The number of allylic oxidation sites excluding steroid dienone is 3. The van der Waals surface area contributed by atoms with Crippen LogP contribution in [0.3, 0.4) is 0 Å². The smallest absolute Gasteiger partial charge is 0.320 e. The summed E-state index contributed by atoms with van der Waals surface area (Å²) in [6.45, 7) is 2.35. The van der Waals surface area contributed by atoms with Crippen molar-refractivity contribution in [2.75, 3.05) is 19.5 Å². The van der Waals surface area contributed by atoms with E-state index in [1.54, 1.807) is 13.1 Å². The van der Waals surface area contributed by atoms with Gasteiger partial charge < -0.3 is 10.6 Å². The number of hydrogen-bond acceptors (Lipinski definition) is 2. The van der Waals surface area contributed by atoms with Gasteiger partial charge in [0.1, 0.15) is 5.82 Å². The molecule has 80 valence electrons. The van der Waals surface area contributed by atoms with Crippen molar-refractivity contribution in [3.63, 3.8) is 0 Å². The molecule has 0 saturated heterocycles. The first kappa shape index (κ1) is 12.8. The van der Waals surface area contributed by atoms with Crippen LogP contribution in [0.15, 0.2) is 24.0 Å². The molecule has 0 saturated carbocycles. The number of carbonyl (C=O) groups is 1. The molecule has 0 radical (unpaired) electrons. The van der Waals surface area contributed by atoms with Gasteiger partial charge >= 0.3 is 6.03 Å². The Morgan fingerprint density at radius 2 is 2.21 bits per heavy atom. The van der Waals surface area contributed by atoms with E-state index in [4.69, 9.17) is 11.6 Å². The largest absolute Gasteiger partial charge is 0.375 e. The predicted octanol–water partition coefficient (Wildman–Crippen LogP) is 1.16. The van der Waals surface area contributed by atoms with Gasteiger partial charge in [-0.15, -0.1) is 11.6 Å². The van der Waals surface area contributed by atoms with Gasteiger partial charge in [-0.25, -0.2) is 4.79 Å². The molecule has 0 aliphatic heterocycles. The molecule has 0 heterocycles. The summed E-state index contributed by atoms with van der Waals surface area (Å²) in [4.78, 5) is 11.1. The molecular weight excluding hydrogens is 202 g/mol. The Morgan fingerprint density at radius 1 is 1.50 bits per heavy atom. The predicted molar refractivity (Wildman–Crippen MR) is 59.2 cm³/mol. The van der Waals surface area contributed by atoms with Crippen LogP contribution in [0.4, 0.5) is 4.79 Å². The van der Waals surface area contributed by atoms with Crippen molar-refractivity contribution >= 4 is 17.6 Å². The number of nitrogens with one attached hydrogen (secondary N) is 3. The lowest BCUT2D eigenvalue weighted by molar-refractivity contribution is 0.243. The van der Waals surface area contributed by atoms with Gasteiger partial charge in [-0.1, -0.05) is 12.2 Å². The third-order valence-corrected chi connectivity index (χ3v) is 1.54. The highest BCUT2D eigenvalue weighted by Gasteiger charge is 1.99. The molecule has 0 rings (SSSR count). The highest BCUT2D eigenvalue weighted by atomic mass is 35.5. The van der Waals surface area contributed by atoms with Crippen molar-refractivity contribution in [3.05, 3.63) is 24.0 Å². The zero-order valence-electron chi connectivity index (χ0n) is 8.43. The average Bonchev–Trinajstić information content (AvgIpc) is 2.21. The van der Waals surface area contributed by atoms with Crippen molar-refractivity contribution in [2.24, 2.45) is 0 Å². The molecule has 0 fully saturated rings. The van der Waals surface area contributed by atoms with Gasteiger partial charge in [0.05, 0.1) is 0 Å². The second-order valence-corrected chi connectivity index (χ2v) is 2.80. The van der Waals surface area contributed by atoms with Crippen LogP contribution < -0.4 is 16.0 Å². The van der Waals surface area contributed by atoms with E-state index in [2.05, 4.69) is 16.0 Å². The zero-order valence-corrected chi connectivity index (χ0v) is 9.19. The number of alkyl halides is 1. The molecular formula is C9H16ClN3O. The van der Waals surface area contributed by atoms with E-state index in [0.29, 0.717) is 18.2 Å². The number of carbonyl (C=O) groups excluding carboxylic acids is 1. The molecule has 0 spiro atoms. The van der Waals surface area contributed by atoms with Crippen LogP contribution in [-0.4, -0.2) is 25.5 Å². The highest BCUT2D eigenvalue weighted by molar-refractivity contribution is 6.18. The van der Waals surface area contributed by atoms with E-state index >= 15 is 0 Å². The molecule has 0 aliphatic rings. The number of urea groups is 1. The number of rotatable bonds is 5. The minimum absolute atomic E-state index is 0.268. The number of amides is 2. The topological polar surface area (TPSA) is 53.2 Å². The molecule has 0 unspecified atom stereocenters. The number of halogens is 1. The molecule has 3 N–H and O–H groups in total. The maximum absolute atomic E-state index is 11.1. The first-order valence-corrected chi connectivity index (χ1v) is 4.89. The Labute approximate surface area is 89.4 Å². The van der Waals surface area contributed by atoms with E-state index in [9.17, 15) is 4.79 Å². The monoisotopic (exact) mass is 217 g/mol. The molecule has 0 aliphatic carbocycles. The second-order valence-electron chi connectivity index (χ2n) is 2.43. The Hall–Kier alpha value is -1.16. The van der Waals surface area contributed by atoms with Crippen LogP contribution in [0.5, 0.6) is 0 Å². The number of hydrogen-bond donors (Lipinski definition) is 3. The van der Waals surface area contributed by atoms with E-state index in [-0.39, 0.29) is 6.03 Å². The quantitative estimate of drug-likeness (QED) is 0.478. The average molecular weight is 218 g/mol. The third-order valence-electron chi connectivity index (χ3n) is 1.35. The van der Waals surface area contributed by atoms with Crippen molar-refractivity contribution < 1.29 is 4.79 Å². The van der Waals surface area contributed by atoms with Gasteiger partial charge in [0.2, 0.25) is 0 Å². The summed E-state index contributed by atoms with van der Waals surface area (Å²) in [6.07, 6.45) is 5.46.